The van der Waals surface area contributed by atoms with Crippen LogP contribution in [0.3, 0.4) is 0 Å². The number of benzene rings is 3. The molecule has 1 heterocycles. The average molecular weight is 509 g/mol. The lowest BCUT2D eigenvalue weighted by molar-refractivity contribution is -0.113. The van der Waals surface area contributed by atoms with Crippen LogP contribution in [0.25, 0.3) is 17.3 Å². The van der Waals surface area contributed by atoms with Gasteiger partial charge in [-0.3, -0.25) is 9.69 Å². The van der Waals surface area contributed by atoms with Gasteiger partial charge in [-0.25, -0.2) is 9.37 Å². The maximum Gasteiger partial charge on any atom is 0.257 e. The molecule has 4 rings (SSSR count). The molecule has 0 fully saturated rings. The van der Waals surface area contributed by atoms with Crippen molar-refractivity contribution in [2.45, 2.75) is 6.92 Å². The number of hydrogen-bond donors (Lipinski definition) is 0. The van der Waals surface area contributed by atoms with Gasteiger partial charge in [0.15, 0.2) is 16.6 Å². The number of ether oxygens (including phenoxy) is 2. The predicted molar refractivity (Wildman–Crippen MR) is 139 cm³/mol. The van der Waals surface area contributed by atoms with Crippen LogP contribution in [-0.4, -0.2) is 24.6 Å². The van der Waals surface area contributed by atoms with E-state index in [1.807, 2.05) is 42.6 Å². The highest BCUT2D eigenvalue weighted by Gasteiger charge is 2.20. The van der Waals surface area contributed by atoms with Gasteiger partial charge >= 0.3 is 0 Å². The second kappa shape index (κ2) is 11.2. The number of rotatable bonds is 8. The Bertz CT molecular complexity index is 1340. The van der Waals surface area contributed by atoms with E-state index in [1.165, 1.54) is 41.6 Å². The average Bonchev–Trinajstić information content (AvgIpc) is 3.34. The molecule has 0 aliphatic heterocycles. The minimum absolute atomic E-state index is 0.291. The van der Waals surface area contributed by atoms with Crippen molar-refractivity contribution in [3.05, 3.63) is 94.6 Å². The first-order valence-corrected chi connectivity index (χ1v) is 12.0. The summed E-state index contributed by atoms with van der Waals surface area (Å²) in [5.74, 6) is 0.333. The molecule has 0 atom stereocenters. The van der Waals surface area contributed by atoms with Gasteiger partial charge in [0.1, 0.15) is 5.82 Å². The van der Waals surface area contributed by atoms with Crippen LogP contribution in [0.5, 0.6) is 11.5 Å². The first-order chi connectivity index (χ1) is 17.0. The van der Waals surface area contributed by atoms with Crippen molar-refractivity contribution in [1.82, 2.24) is 4.98 Å². The smallest absolute Gasteiger partial charge is 0.257 e. The van der Waals surface area contributed by atoms with E-state index in [2.05, 4.69) is 4.98 Å². The van der Waals surface area contributed by atoms with E-state index in [0.29, 0.717) is 45.2 Å². The van der Waals surface area contributed by atoms with Crippen molar-refractivity contribution in [3.63, 3.8) is 0 Å². The van der Waals surface area contributed by atoms with Crippen LogP contribution < -0.4 is 14.4 Å². The van der Waals surface area contributed by atoms with Crippen molar-refractivity contribution in [1.29, 1.82) is 0 Å². The molecule has 35 heavy (non-hydrogen) atoms. The van der Waals surface area contributed by atoms with Crippen LogP contribution in [0.4, 0.5) is 15.2 Å². The first kappa shape index (κ1) is 24.4. The number of para-hydroxylation sites is 1. The maximum absolute atomic E-state index is 13.4. The lowest BCUT2D eigenvalue weighted by Crippen LogP contribution is -2.23. The van der Waals surface area contributed by atoms with Crippen LogP contribution in [0.2, 0.25) is 5.02 Å². The maximum atomic E-state index is 13.4. The Morgan fingerprint density at radius 3 is 2.57 bits per heavy atom. The molecule has 1 amide bonds. The second-order valence-electron chi connectivity index (χ2n) is 7.33. The molecule has 0 spiro atoms. The van der Waals surface area contributed by atoms with E-state index in [1.54, 1.807) is 30.3 Å². The van der Waals surface area contributed by atoms with Gasteiger partial charge in [-0.2, -0.15) is 0 Å². The number of aromatic nitrogens is 1. The Kier molecular flexibility index (Phi) is 7.80. The number of hydrogen-bond acceptors (Lipinski definition) is 5. The molecule has 0 saturated heterocycles. The van der Waals surface area contributed by atoms with Crippen molar-refractivity contribution < 1.29 is 18.7 Å². The molecule has 0 unspecified atom stereocenters. The fourth-order valence-electron chi connectivity index (χ4n) is 3.42. The number of anilines is 2. The van der Waals surface area contributed by atoms with Crippen molar-refractivity contribution in [3.8, 4) is 22.8 Å². The lowest BCUT2D eigenvalue weighted by Gasteiger charge is -2.18. The van der Waals surface area contributed by atoms with Gasteiger partial charge < -0.3 is 9.47 Å². The van der Waals surface area contributed by atoms with E-state index < -0.39 is 0 Å². The quantitative estimate of drug-likeness (QED) is 0.233. The summed E-state index contributed by atoms with van der Waals surface area (Å²) in [6.07, 6.45) is 3.13. The number of thiazole rings is 1. The molecule has 0 aliphatic carbocycles. The Hall–Kier alpha value is -3.68. The Balaban J connectivity index is 1.66. The van der Waals surface area contributed by atoms with E-state index in [9.17, 15) is 9.18 Å². The predicted octanol–water partition coefficient (Wildman–Crippen LogP) is 7.39. The number of halogens is 2. The van der Waals surface area contributed by atoms with Crippen LogP contribution in [0, 0.1) is 5.82 Å². The summed E-state index contributed by atoms with van der Waals surface area (Å²) in [5, 5.41) is 2.72. The van der Waals surface area contributed by atoms with Crippen LogP contribution in [0.1, 0.15) is 12.5 Å². The van der Waals surface area contributed by atoms with Crippen LogP contribution in [-0.2, 0) is 4.79 Å². The summed E-state index contributed by atoms with van der Waals surface area (Å²) >= 11 is 7.67. The topological polar surface area (TPSA) is 51.7 Å². The van der Waals surface area contributed by atoms with Gasteiger partial charge in [0.25, 0.3) is 5.91 Å². The first-order valence-electron chi connectivity index (χ1n) is 10.8. The molecule has 0 aliphatic rings. The Morgan fingerprint density at radius 1 is 1.14 bits per heavy atom. The zero-order valence-electron chi connectivity index (χ0n) is 19.1. The van der Waals surface area contributed by atoms with Crippen LogP contribution >= 0.6 is 22.9 Å². The van der Waals surface area contributed by atoms with Gasteiger partial charge in [0, 0.05) is 17.0 Å². The molecule has 0 radical (unpaired) electrons. The minimum Gasteiger partial charge on any atom is -0.491 e. The van der Waals surface area contributed by atoms with Gasteiger partial charge in [-0.05, 0) is 67.1 Å². The highest BCUT2D eigenvalue weighted by atomic mass is 35.5. The standard InChI is InChI=1S/C27H22ClFN2O3S/c1-3-34-24-16-18(15-22(28)26(24)33-2)9-14-25(32)31(21-7-5-4-6-8-21)27-30-23(17-35-27)19-10-12-20(29)13-11-19/h4-17H,3H2,1-2H3. The third-order valence-electron chi connectivity index (χ3n) is 5.01. The Labute approximate surface area is 212 Å². The number of amides is 1. The zero-order chi connectivity index (χ0) is 24.8. The van der Waals surface area contributed by atoms with E-state index >= 15 is 0 Å². The number of methoxy groups -OCH3 is 1. The van der Waals surface area contributed by atoms with Gasteiger partial charge in [-0.1, -0.05) is 29.8 Å². The van der Waals surface area contributed by atoms with Gasteiger partial charge in [0.2, 0.25) is 0 Å². The van der Waals surface area contributed by atoms with E-state index in [-0.39, 0.29) is 11.7 Å². The highest BCUT2D eigenvalue weighted by molar-refractivity contribution is 7.14. The molecular weight excluding hydrogens is 487 g/mol. The van der Waals surface area contributed by atoms with Crippen molar-refractivity contribution in [2.24, 2.45) is 0 Å². The molecule has 178 valence electrons. The molecule has 1 aromatic heterocycles. The monoisotopic (exact) mass is 508 g/mol. The zero-order valence-corrected chi connectivity index (χ0v) is 20.6. The largest absolute Gasteiger partial charge is 0.491 e. The SMILES string of the molecule is CCOc1cc(C=CC(=O)N(c2ccccc2)c2nc(-c3ccc(F)cc3)cs2)cc(Cl)c1OC. The molecule has 5 nitrogen and oxygen atoms in total. The van der Waals surface area contributed by atoms with Crippen molar-refractivity contribution in [2.75, 3.05) is 18.6 Å². The number of carbonyl (C=O) groups is 1. The third kappa shape index (κ3) is 5.70. The molecule has 8 heteroatoms. The van der Waals surface area contributed by atoms with Crippen LogP contribution in [0.15, 0.2) is 78.2 Å². The molecular formula is C27H22ClFN2O3S. The molecule has 0 bridgehead atoms. The number of nitrogens with zero attached hydrogens (tertiary/aromatic N) is 2. The molecule has 3 aromatic carbocycles. The highest BCUT2D eigenvalue weighted by Crippen LogP contribution is 2.37. The minimum atomic E-state index is -0.318. The summed E-state index contributed by atoms with van der Waals surface area (Å²) < 4.78 is 24.3. The van der Waals surface area contributed by atoms with Gasteiger partial charge in [0.05, 0.1) is 30.1 Å². The third-order valence-corrected chi connectivity index (χ3v) is 6.12. The molecule has 0 N–H and O–H groups in total. The summed E-state index contributed by atoms with van der Waals surface area (Å²) in [7, 11) is 1.52. The van der Waals surface area contributed by atoms with Gasteiger partial charge in [-0.15, -0.1) is 11.3 Å². The molecule has 4 aromatic rings. The summed E-state index contributed by atoms with van der Waals surface area (Å²) in [5.41, 5.74) is 2.78. The second-order valence-corrected chi connectivity index (χ2v) is 8.58. The van der Waals surface area contributed by atoms with Crippen molar-refractivity contribution >= 4 is 45.7 Å². The Morgan fingerprint density at radius 2 is 1.89 bits per heavy atom. The fraction of sp³-hybridized carbons (Fsp3) is 0.111. The summed E-state index contributed by atoms with van der Waals surface area (Å²) in [4.78, 5) is 19.6. The summed E-state index contributed by atoms with van der Waals surface area (Å²) in [6.45, 7) is 2.31. The fourth-order valence-corrected chi connectivity index (χ4v) is 4.57. The van der Waals surface area contributed by atoms with E-state index in [0.717, 1.165) is 5.56 Å². The molecule has 0 saturated carbocycles. The lowest BCUT2D eigenvalue weighted by atomic mass is 10.1. The summed E-state index contributed by atoms with van der Waals surface area (Å²) in [6, 6.07) is 18.8. The number of carbonyl (C=O) groups excluding carboxylic acids is 1. The van der Waals surface area contributed by atoms with E-state index in [4.69, 9.17) is 21.1 Å². The normalized spacial score (nSPS) is 11.0.